The molecule has 0 N–H and O–H groups in total. The maximum Gasteiger partial charge on any atom is 0.494 e. The van der Waals surface area contributed by atoms with Crippen LogP contribution in [0.1, 0.15) is 48.0 Å². The molecule has 1 fully saturated rings. The maximum atomic E-state index is 13.9. The minimum absolute atomic E-state index is 0.0342. The van der Waals surface area contributed by atoms with Gasteiger partial charge in [0, 0.05) is 0 Å². The molecule has 0 aromatic heterocycles. The van der Waals surface area contributed by atoms with Crippen LogP contribution in [0.25, 0.3) is 0 Å². The third-order valence-electron chi connectivity index (χ3n) is 4.38. The van der Waals surface area contributed by atoms with Crippen molar-refractivity contribution in [3.8, 4) is 5.75 Å². The Kier molecular flexibility index (Phi) is 4.36. The molecule has 3 nitrogen and oxygen atoms in total. The number of hydrogen-bond acceptors (Lipinski definition) is 3. The van der Waals surface area contributed by atoms with Gasteiger partial charge in [-0.3, -0.25) is 0 Å². The van der Waals surface area contributed by atoms with E-state index in [0.29, 0.717) is 0 Å². The SMILES string of the molecule is CCC(C)Oc1cc(B2OC(C)(C)C(C)(C)O2)ccc1F. The van der Waals surface area contributed by atoms with E-state index in [9.17, 15) is 4.39 Å². The van der Waals surface area contributed by atoms with Crippen molar-refractivity contribution >= 4 is 12.6 Å². The van der Waals surface area contributed by atoms with Gasteiger partial charge in [-0.2, -0.15) is 0 Å². The molecule has 0 amide bonds. The topological polar surface area (TPSA) is 27.7 Å². The third kappa shape index (κ3) is 3.24. The number of halogens is 1. The average Bonchev–Trinajstić information content (AvgIpc) is 2.61. The van der Waals surface area contributed by atoms with Crippen LogP contribution in [0, 0.1) is 5.82 Å². The second-order valence-electron chi connectivity index (χ2n) is 6.61. The smallest absolute Gasteiger partial charge is 0.488 e. The van der Waals surface area contributed by atoms with E-state index in [-0.39, 0.29) is 17.7 Å². The van der Waals surface area contributed by atoms with Crippen LogP contribution in [0.5, 0.6) is 5.75 Å². The molecule has 1 aromatic rings. The molecule has 0 saturated carbocycles. The molecule has 1 unspecified atom stereocenters. The maximum absolute atomic E-state index is 13.9. The minimum atomic E-state index is -0.505. The van der Waals surface area contributed by atoms with Crippen molar-refractivity contribution in [2.75, 3.05) is 0 Å². The van der Waals surface area contributed by atoms with E-state index in [1.807, 2.05) is 41.5 Å². The molecule has 1 aromatic carbocycles. The van der Waals surface area contributed by atoms with Crippen LogP contribution >= 0.6 is 0 Å². The molecule has 21 heavy (non-hydrogen) atoms. The third-order valence-corrected chi connectivity index (χ3v) is 4.38. The summed E-state index contributed by atoms with van der Waals surface area (Å²) in [5.74, 6) is -0.118. The van der Waals surface area contributed by atoms with Crippen LogP contribution in [0.3, 0.4) is 0 Å². The summed E-state index contributed by atoms with van der Waals surface area (Å²) in [6.07, 6.45) is 0.785. The van der Waals surface area contributed by atoms with Crippen LogP contribution in [-0.2, 0) is 9.31 Å². The first kappa shape index (κ1) is 16.3. The van der Waals surface area contributed by atoms with E-state index < -0.39 is 18.3 Å². The Morgan fingerprint density at radius 2 is 1.76 bits per heavy atom. The van der Waals surface area contributed by atoms with Gasteiger partial charge in [-0.15, -0.1) is 0 Å². The molecular formula is C16H24BFO3. The lowest BCUT2D eigenvalue weighted by Gasteiger charge is -2.32. The zero-order valence-electron chi connectivity index (χ0n) is 13.7. The molecule has 0 bridgehead atoms. The highest BCUT2D eigenvalue weighted by atomic mass is 19.1. The molecule has 1 aliphatic heterocycles. The summed E-state index contributed by atoms with van der Waals surface area (Å²) in [5.41, 5.74) is -0.0542. The van der Waals surface area contributed by atoms with Gasteiger partial charge in [-0.1, -0.05) is 13.0 Å². The summed E-state index contributed by atoms with van der Waals surface area (Å²) < 4.78 is 31.4. The second kappa shape index (κ2) is 5.62. The lowest BCUT2D eigenvalue weighted by atomic mass is 9.79. The van der Waals surface area contributed by atoms with Crippen molar-refractivity contribution in [3.63, 3.8) is 0 Å². The zero-order valence-corrected chi connectivity index (χ0v) is 13.7. The highest BCUT2D eigenvalue weighted by molar-refractivity contribution is 6.62. The van der Waals surface area contributed by atoms with Crippen molar-refractivity contribution in [3.05, 3.63) is 24.0 Å². The quantitative estimate of drug-likeness (QED) is 0.797. The Labute approximate surface area is 126 Å². The Hall–Kier alpha value is -1.07. The van der Waals surface area contributed by atoms with Gasteiger partial charge in [0.25, 0.3) is 0 Å². The molecule has 1 aliphatic rings. The molecule has 5 heteroatoms. The van der Waals surface area contributed by atoms with E-state index in [1.165, 1.54) is 6.07 Å². The van der Waals surface area contributed by atoms with Crippen LogP contribution in [-0.4, -0.2) is 24.4 Å². The van der Waals surface area contributed by atoms with Crippen molar-refractivity contribution in [2.45, 2.75) is 65.3 Å². The lowest BCUT2D eigenvalue weighted by molar-refractivity contribution is 0.00578. The van der Waals surface area contributed by atoms with Gasteiger partial charge in [-0.25, -0.2) is 4.39 Å². The standard InChI is InChI=1S/C16H24BFO3/c1-7-11(2)19-14-10-12(8-9-13(14)18)17-20-15(3,4)16(5,6)21-17/h8-11H,7H2,1-6H3. The summed E-state index contributed by atoms with van der Waals surface area (Å²) in [6.45, 7) is 11.9. The highest BCUT2D eigenvalue weighted by Gasteiger charge is 2.51. The van der Waals surface area contributed by atoms with E-state index in [2.05, 4.69) is 0 Å². The fraction of sp³-hybridized carbons (Fsp3) is 0.625. The fourth-order valence-electron chi connectivity index (χ4n) is 2.04. The number of hydrogen-bond donors (Lipinski definition) is 0. The number of benzene rings is 1. The first-order valence-electron chi connectivity index (χ1n) is 7.48. The van der Waals surface area contributed by atoms with Gasteiger partial charge >= 0.3 is 7.12 Å². The van der Waals surface area contributed by atoms with Gasteiger partial charge in [-0.05, 0) is 58.6 Å². The Balaban J connectivity index is 2.24. The van der Waals surface area contributed by atoms with Gasteiger partial charge in [0.2, 0.25) is 0 Å². The normalized spacial score (nSPS) is 21.4. The van der Waals surface area contributed by atoms with Gasteiger partial charge < -0.3 is 14.0 Å². The van der Waals surface area contributed by atoms with Crippen LogP contribution < -0.4 is 10.2 Å². The van der Waals surface area contributed by atoms with Gasteiger partial charge in [0.15, 0.2) is 11.6 Å². The van der Waals surface area contributed by atoms with Crippen LogP contribution in [0.15, 0.2) is 18.2 Å². The first-order chi connectivity index (χ1) is 9.66. The predicted molar refractivity (Wildman–Crippen MR) is 82.5 cm³/mol. The number of ether oxygens (including phenoxy) is 1. The van der Waals surface area contributed by atoms with Gasteiger partial charge in [0.05, 0.1) is 17.3 Å². The summed E-state index contributed by atoms with van der Waals surface area (Å²) >= 11 is 0. The van der Waals surface area contributed by atoms with Gasteiger partial charge in [0.1, 0.15) is 0 Å². The van der Waals surface area contributed by atoms with E-state index in [0.717, 1.165) is 11.9 Å². The van der Waals surface area contributed by atoms with Crippen molar-refractivity contribution < 1.29 is 18.4 Å². The van der Waals surface area contributed by atoms with Crippen molar-refractivity contribution in [2.24, 2.45) is 0 Å². The first-order valence-corrected chi connectivity index (χ1v) is 7.48. The Morgan fingerprint density at radius 1 is 1.19 bits per heavy atom. The molecular weight excluding hydrogens is 270 g/mol. The van der Waals surface area contributed by atoms with E-state index >= 15 is 0 Å². The Bertz CT molecular complexity index is 500. The average molecular weight is 294 g/mol. The van der Waals surface area contributed by atoms with Crippen molar-refractivity contribution in [1.29, 1.82) is 0 Å². The summed E-state index contributed by atoms with van der Waals surface area (Å²) in [4.78, 5) is 0. The zero-order chi connectivity index (χ0) is 15.8. The summed E-state index contributed by atoms with van der Waals surface area (Å²) in [7, 11) is -0.505. The summed E-state index contributed by atoms with van der Waals surface area (Å²) in [5, 5.41) is 0. The predicted octanol–water partition coefficient (Wildman–Crippen LogP) is 3.30. The molecule has 0 aliphatic carbocycles. The molecule has 116 valence electrons. The van der Waals surface area contributed by atoms with Crippen molar-refractivity contribution in [1.82, 2.24) is 0 Å². The molecule has 1 heterocycles. The van der Waals surface area contributed by atoms with E-state index in [4.69, 9.17) is 14.0 Å². The summed E-state index contributed by atoms with van der Waals surface area (Å²) in [6, 6.07) is 4.75. The molecule has 2 rings (SSSR count). The number of rotatable bonds is 4. The molecule has 1 saturated heterocycles. The van der Waals surface area contributed by atoms with Crippen LogP contribution in [0.2, 0.25) is 0 Å². The lowest BCUT2D eigenvalue weighted by Crippen LogP contribution is -2.41. The molecule has 0 spiro atoms. The highest BCUT2D eigenvalue weighted by Crippen LogP contribution is 2.36. The fourth-order valence-corrected chi connectivity index (χ4v) is 2.04. The Morgan fingerprint density at radius 3 is 2.29 bits per heavy atom. The van der Waals surface area contributed by atoms with Crippen LogP contribution in [0.4, 0.5) is 4.39 Å². The molecule has 1 atom stereocenters. The molecule has 0 radical (unpaired) electrons. The largest absolute Gasteiger partial charge is 0.494 e. The monoisotopic (exact) mass is 294 g/mol. The second-order valence-corrected chi connectivity index (χ2v) is 6.61. The van der Waals surface area contributed by atoms with E-state index in [1.54, 1.807) is 12.1 Å². The minimum Gasteiger partial charge on any atom is -0.488 e.